The van der Waals surface area contributed by atoms with Gasteiger partial charge in [-0.2, -0.15) is 23.6 Å². The molecule has 0 saturated heterocycles. The smallest absolute Gasteiger partial charge is 1.00 e. The molecule has 0 unspecified atom stereocenters. The first kappa shape index (κ1) is 24.7. The second-order valence-corrected chi connectivity index (χ2v) is 3.41. The molecule has 0 aliphatic heterocycles. The van der Waals surface area contributed by atoms with E-state index in [1.54, 1.807) is 0 Å². The standard InChI is InChI=1S/C9H7.C5H5.2ClH.HO2P.Zr/c1-2-5-9-7-3-6-8(9)4-1;1-2-4-5-3-1;;;1-3-2;/h1-7H;1-3H,4H2;2*1H;3H;/q2*-1;;;;+4/p-2. The van der Waals surface area contributed by atoms with Crippen LogP contribution >= 0.6 is 8.34 Å². The van der Waals surface area contributed by atoms with Gasteiger partial charge in [-0.25, -0.2) is 21.3 Å². The predicted octanol–water partition coefficient (Wildman–Crippen LogP) is -1.77. The molecule has 0 radical (unpaired) electrons. The molecule has 0 atom stereocenters. The van der Waals surface area contributed by atoms with Gasteiger partial charge < -0.3 is 24.8 Å². The Hall–Kier alpha value is -0.327. The van der Waals surface area contributed by atoms with Gasteiger partial charge in [-0.15, -0.1) is 36.1 Å². The molecule has 0 N–H and O–H groups in total. The normalized spacial score (nSPS) is 9.60. The van der Waals surface area contributed by atoms with E-state index in [1.165, 1.54) is 10.8 Å². The van der Waals surface area contributed by atoms with E-state index in [1.807, 2.05) is 12.2 Å². The average molecular weight is 406 g/mol. The van der Waals surface area contributed by atoms with Gasteiger partial charge in [0.1, 0.15) is 0 Å². The zero-order valence-electron chi connectivity index (χ0n) is 10.6. The summed E-state index contributed by atoms with van der Waals surface area (Å²) in [5.74, 6) is 0. The molecular formula is C14H13Cl2O2PZr. The molecule has 1 aliphatic carbocycles. The van der Waals surface area contributed by atoms with Gasteiger partial charge in [-0.1, -0.05) is 6.07 Å². The van der Waals surface area contributed by atoms with E-state index in [0.29, 0.717) is 0 Å². The van der Waals surface area contributed by atoms with E-state index in [9.17, 15) is 0 Å². The van der Waals surface area contributed by atoms with E-state index >= 15 is 0 Å². The van der Waals surface area contributed by atoms with Gasteiger partial charge in [-0.3, -0.25) is 6.08 Å². The zero-order chi connectivity index (χ0) is 12.3. The van der Waals surface area contributed by atoms with Crippen molar-refractivity contribution in [3.63, 3.8) is 0 Å². The summed E-state index contributed by atoms with van der Waals surface area (Å²) in [6.07, 6.45) is 10.0. The van der Waals surface area contributed by atoms with Gasteiger partial charge >= 0.3 is 34.5 Å². The molecule has 0 fully saturated rings. The SMILES string of the molecule is O=[PH]=O.[C-]1=CC=CC1.[Cl-].[Cl-].[Zr+4].c1ccc2[cH-]ccc2c1. The maximum absolute atomic E-state index is 8.40. The molecule has 3 rings (SSSR count). The quantitative estimate of drug-likeness (QED) is 0.383. The first-order valence-corrected chi connectivity index (χ1v) is 6.01. The Bertz CT molecular complexity index is 507. The third kappa shape index (κ3) is 10.5. The van der Waals surface area contributed by atoms with Gasteiger partial charge in [0.15, 0.2) is 0 Å². The summed E-state index contributed by atoms with van der Waals surface area (Å²) in [6.45, 7) is 0. The van der Waals surface area contributed by atoms with E-state index in [0.717, 1.165) is 6.42 Å². The van der Waals surface area contributed by atoms with Crippen LogP contribution in [0.3, 0.4) is 0 Å². The summed E-state index contributed by atoms with van der Waals surface area (Å²) in [7, 11) is -1.42. The molecular weight excluding hydrogens is 393 g/mol. The van der Waals surface area contributed by atoms with Crippen molar-refractivity contribution in [2.75, 3.05) is 0 Å². The maximum Gasteiger partial charge on any atom is 4.00 e. The molecule has 0 amide bonds. The Morgan fingerprint density at radius 3 is 2.20 bits per heavy atom. The van der Waals surface area contributed by atoms with Crippen LogP contribution in [-0.2, 0) is 35.3 Å². The molecule has 2 nitrogen and oxygen atoms in total. The topological polar surface area (TPSA) is 34.1 Å². The Labute approximate surface area is 151 Å². The maximum atomic E-state index is 8.40. The molecule has 1 aliphatic rings. The van der Waals surface area contributed by atoms with Gasteiger partial charge in [-0.05, 0) is 0 Å². The van der Waals surface area contributed by atoms with E-state index in [2.05, 4.69) is 54.6 Å². The molecule has 0 aromatic heterocycles. The summed E-state index contributed by atoms with van der Waals surface area (Å²) < 4.78 is 16.8. The molecule has 0 heterocycles. The van der Waals surface area contributed by atoms with Crippen molar-refractivity contribution in [2.24, 2.45) is 0 Å². The van der Waals surface area contributed by atoms with Crippen LogP contribution in [0.5, 0.6) is 0 Å². The first-order valence-electron chi connectivity index (χ1n) is 5.20. The van der Waals surface area contributed by atoms with E-state index in [4.69, 9.17) is 9.13 Å². The fourth-order valence-electron chi connectivity index (χ4n) is 1.41. The monoisotopic (exact) mass is 404 g/mol. The molecule has 6 heteroatoms. The van der Waals surface area contributed by atoms with Crippen molar-refractivity contribution in [2.45, 2.75) is 6.42 Å². The molecule has 104 valence electrons. The Morgan fingerprint density at radius 1 is 1.10 bits per heavy atom. The predicted molar refractivity (Wildman–Crippen MR) is 70.8 cm³/mol. The van der Waals surface area contributed by atoms with Crippen molar-refractivity contribution >= 4 is 19.1 Å². The van der Waals surface area contributed by atoms with Crippen molar-refractivity contribution in [1.82, 2.24) is 0 Å². The molecule has 0 saturated carbocycles. The number of hydrogen-bond acceptors (Lipinski definition) is 2. The van der Waals surface area contributed by atoms with Crippen LogP contribution in [0.4, 0.5) is 0 Å². The number of benzene rings is 1. The van der Waals surface area contributed by atoms with Crippen LogP contribution in [-0.4, -0.2) is 0 Å². The van der Waals surface area contributed by atoms with Gasteiger partial charge in [0.25, 0.3) is 0 Å². The van der Waals surface area contributed by atoms with Gasteiger partial charge in [0.05, 0.1) is 0 Å². The second-order valence-electron chi connectivity index (χ2n) is 3.24. The first-order chi connectivity index (χ1) is 8.38. The van der Waals surface area contributed by atoms with Crippen LogP contribution in [0.15, 0.2) is 60.7 Å². The Morgan fingerprint density at radius 2 is 1.75 bits per heavy atom. The number of allylic oxidation sites excluding steroid dienone is 4. The van der Waals surface area contributed by atoms with Crippen LogP contribution < -0.4 is 24.8 Å². The van der Waals surface area contributed by atoms with Gasteiger partial charge in [0.2, 0.25) is 0 Å². The number of halogens is 2. The third-order valence-corrected chi connectivity index (χ3v) is 2.13. The van der Waals surface area contributed by atoms with E-state index in [-0.39, 0.29) is 51.0 Å². The molecule has 0 bridgehead atoms. The fourth-order valence-corrected chi connectivity index (χ4v) is 1.41. The van der Waals surface area contributed by atoms with Crippen LogP contribution in [0.2, 0.25) is 0 Å². The average Bonchev–Trinajstić information content (AvgIpc) is 3.05. The molecule has 20 heavy (non-hydrogen) atoms. The second kappa shape index (κ2) is 16.7. The number of hydrogen-bond donors (Lipinski definition) is 0. The number of fused-ring (bicyclic) bond motifs is 1. The van der Waals surface area contributed by atoms with Crippen molar-refractivity contribution < 1.29 is 60.1 Å². The van der Waals surface area contributed by atoms with Crippen molar-refractivity contribution in [3.8, 4) is 0 Å². The summed E-state index contributed by atoms with van der Waals surface area (Å²) in [5.41, 5.74) is 0. The summed E-state index contributed by atoms with van der Waals surface area (Å²) in [5, 5.41) is 2.66. The Kier molecular flexibility index (Phi) is 20.6. The van der Waals surface area contributed by atoms with Crippen molar-refractivity contribution in [1.29, 1.82) is 0 Å². The minimum atomic E-state index is -1.42. The molecule has 2 aromatic carbocycles. The van der Waals surface area contributed by atoms with Crippen LogP contribution in [0.25, 0.3) is 10.8 Å². The summed E-state index contributed by atoms with van der Waals surface area (Å²) in [6, 6.07) is 14.7. The minimum Gasteiger partial charge on any atom is -1.00 e. The minimum absolute atomic E-state index is 0. The van der Waals surface area contributed by atoms with Crippen molar-refractivity contribution in [3.05, 3.63) is 66.8 Å². The summed E-state index contributed by atoms with van der Waals surface area (Å²) in [4.78, 5) is 0. The largest absolute Gasteiger partial charge is 4.00 e. The van der Waals surface area contributed by atoms with Gasteiger partial charge in [0, 0.05) is 0 Å². The molecule has 2 aromatic rings. The zero-order valence-corrected chi connectivity index (χ0v) is 15.5. The number of rotatable bonds is 0. The Balaban J connectivity index is -0.000000231. The molecule has 0 spiro atoms. The summed E-state index contributed by atoms with van der Waals surface area (Å²) >= 11 is 0. The fraction of sp³-hybridized carbons (Fsp3) is 0.0714. The van der Waals surface area contributed by atoms with Crippen LogP contribution in [0.1, 0.15) is 6.42 Å². The van der Waals surface area contributed by atoms with Crippen LogP contribution in [0, 0.1) is 6.08 Å². The van der Waals surface area contributed by atoms with E-state index < -0.39 is 8.34 Å². The third-order valence-electron chi connectivity index (χ3n) is 2.13.